The van der Waals surface area contributed by atoms with E-state index in [1.165, 1.54) is 24.3 Å². The highest BCUT2D eigenvalue weighted by Crippen LogP contribution is 2.28. The number of rotatable bonds is 7. The molecule has 1 heterocycles. The second-order valence-corrected chi connectivity index (χ2v) is 8.86. The molecule has 1 atom stereocenters. The number of hydrogen-bond acceptors (Lipinski definition) is 3. The molecule has 0 saturated heterocycles. The molecule has 5 aromatic rings. The Balaban J connectivity index is 1.56. The average molecular weight is 525 g/mol. The summed E-state index contributed by atoms with van der Waals surface area (Å²) in [6.07, 6.45) is 3.73. The van der Waals surface area contributed by atoms with Gasteiger partial charge in [-0.25, -0.2) is 13.6 Å². The number of nitrogens with zero attached hydrogens (tertiary/aromatic N) is 3. The molecule has 0 radical (unpaired) electrons. The molecule has 0 aliphatic rings. The van der Waals surface area contributed by atoms with Crippen LogP contribution < -0.4 is 4.90 Å². The van der Waals surface area contributed by atoms with Crippen LogP contribution in [-0.2, 0) is 18.4 Å². The summed E-state index contributed by atoms with van der Waals surface area (Å²) in [4.78, 5) is 25.6. The highest BCUT2D eigenvalue weighted by atomic mass is 19.1. The van der Waals surface area contributed by atoms with E-state index in [0.717, 1.165) is 39.6 Å². The summed E-state index contributed by atoms with van der Waals surface area (Å²) < 4.78 is 40.9. The summed E-state index contributed by atoms with van der Waals surface area (Å²) in [6, 6.07) is 21.6. The lowest BCUT2D eigenvalue weighted by Crippen LogP contribution is -2.31. The molecule has 1 N–H and O–H groups in total. The van der Waals surface area contributed by atoms with Gasteiger partial charge in [0.1, 0.15) is 11.6 Å². The number of carbonyl (C=O) groups is 2. The molecule has 0 aliphatic carbocycles. The third kappa shape index (κ3) is 5.60. The maximum atomic E-state index is 15.6. The molecule has 4 aromatic carbocycles. The first kappa shape index (κ1) is 24.2. The van der Waals surface area contributed by atoms with Crippen molar-refractivity contribution in [2.75, 3.05) is 4.90 Å². The van der Waals surface area contributed by atoms with Crippen LogP contribution in [0.25, 0.3) is 28.1 Å². The maximum absolute atomic E-state index is 15.6. The Morgan fingerprint density at radius 2 is 1.74 bits per heavy atom. The lowest BCUT2D eigenvalue weighted by molar-refractivity contribution is -0.131. The number of carboxylic acid groups (broad SMARTS) is 1. The van der Waals surface area contributed by atoms with Gasteiger partial charge in [-0.3, -0.25) is 9.48 Å². The summed E-state index contributed by atoms with van der Waals surface area (Å²) in [6.45, 7) is -1.58. The first-order valence-corrected chi connectivity index (χ1v) is 12.0. The van der Waals surface area contributed by atoms with Crippen molar-refractivity contribution >= 4 is 34.5 Å². The topological polar surface area (TPSA) is 75.4 Å². The Kier molecular flexibility index (Phi) is 6.66. The molecular weight excluding hydrogens is 500 g/mol. The van der Waals surface area contributed by atoms with E-state index in [0.29, 0.717) is 5.56 Å². The summed E-state index contributed by atoms with van der Waals surface area (Å²) >= 11 is 0. The van der Waals surface area contributed by atoms with Crippen molar-refractivity contribution in [2.24, 2.45) is 7.05 Å². The van der Waals surface area contributed by atoms with Crippen LogP contribution in [0.15, 0.2) is 97.2 Å². The Morgan fingerprint density at radius 1 is 1.00 bits per heavy atom. The number of carbonyl (C=O) groups excluding carboxylic acids is 1. The van der Waals surface area contributed by atoms with Crippen molar-refractivity contribution < 1.29 is 24.8 Å². The first-order valence-electron chi connectivity index (χ1n) is 12.5. The van der Waals surface area contributed by atoms with E-state index in [1.807, 2.05) is 25.2 Å². The zero-order valence-electron chi connectivity index (χ0n) is 21.8. The van der Waals surface area contributed by atoms with Crippen molar-refractivity contribution in [3.63, 3.8) is 0 Å². The van der Waals surface area contributed by atoms with Crippen molar-refractivity contribution in [3.8, 4) is 11.1 Å². The number of aromatic nitrogens is 2. The summed E-state index contributed by atoms with van der Waals surface area (Å²) in [5, 5.41) is 14.1. The molecule has 1 aromatic heterocycles. The van der Waals surface area contributed by atoms with E-state index in [9.17, 15) is 14.0 Å². The molecule has 8 heteroatoms. The second-order valence-electron chi connectivity index (χ2n) is 8.86. The predicted octanol–water partition coefficient (Wildman–Crippen LogP) is 6.46. The highest BCUT2D eigenvalue weighted by Gasteiger charge is 2.21. The number of aliphatic carboxylic acids is 1. The SMILES string of the molecule is [2H]C(c1ccc(-c2ccc3c(cnn3C)c2)cc1F)N(C(=O)c1ccccc1)c1cc(F)cc(/C=C/C(=O)O)c1. The number of carboxylic acids is 1. The number of halogens is 2. The van der Waals surface area contributed by atoms with Gasteiger partial charge < -0.3 is 10.0 Å². The fourth-order valence-electron chi connectivity index (χ4n) is 4.26. The minimum Gasteiger partial charge on any atom is -0.478 e. The van der Waals surface area contributed by atoms with Gasteiger partial charge in [0.25, 0.3) is 5.91 Å². The standard InChI is InChI=1S/C31H23F2N3O3/c1-35-29-11-10-22(15-25(29)18-34-35)23-8-9-24(28(33)16-23)19-36(31(39)21-5-3-2-4-6-21)27-14-20(7-12-30(37)38)13-26(32)17-27/h2-18H,19H2,1H3,(H,37,38)/b12-7+/i19D. The molecular formula is C31H23F2N3O3. The van der Waals surface area contributed by atoms with Crippen LogP contribution in [0.3, 0.4) is 0 Å². The minimum absolute atomic E-state index is 0.0237. The van der Waals surface area contributed by atoms with E-state index in [1.54, 1.807) is 47.3 Å². The van der Waals surface area contributed by atoms with Gasteiger partial charge in [-0.15, -0.1) is 0 Å². The Morgan fingerprint density at radius 3 is 2.49 bits per heavy atom. The van der Waals surface area contributed by atoms with Crippen LogP contribution in [0.2, 0.25) is 0 Å². The quantitative estimate of drug-likeness (QED) is 0.248. The Labute approximate surface area is 224 Å². The van der Waals surface area contributed by atoms with Gasteiger partial charge in [-0.05, 0) is 71.3 Å². The van der Waals surface area contributed by atoms with Crippen LogP contribution in [0.1, 0.15) is 22.9 Å². The monoisotopic (exact) mass is 524 g/mol. The molecule has 39 heavy (non-hydrogen) atoms. The number of anilines is 1. The third-order valence-corrected chi connectivity index (χ3v) is 6.19. The summed E-state index contributed by atoms with van der Waals surface area (Å²) in [7, 11) is 1.83. The lowest BCUT2D eigenvalue weighted by Gasteiger charge is -2.24. The molecule has 5 rings (SSSR count). The van der Waals surface area contributed by atoms with Gasteiger partial charge >= 0.3 is 5.97 Å². The molecule has 0 aliphatic heterocycles. The van der Waals surface area contributed by atoms with E-state index in [2.05, 4.69) is 5.10 Å². The number of hydrogen-bond donors (Lipinski definition) is 1. The summed E-state index contributed by atoms with van der Waals surface area (Å²) in [5.41, 5.74) is 2.52. The van der Waals surface area contributed by atoms with Gasteiger partial charge in [0.05, 0.1) is 19.6 Å². The predicted molar refractivity (Wildman–Crippen MR) is 146 cm³/mol. The smallest absolute Gasteiger partial charge is 0.328 e. The lowest BCUT2D eigenvalue weighted by atomic mass is 10.0. The minimum atomic E-state index is -1.58. The van der Waals surface area contributed by atoms with Crippen molar-refractivity contribution in [3.05, 3.63) is 126 Å². The van der Waals surface area contributed by atoms with Crippen LogP contribution in [0.5, 0.6) is 0 Å². The highest BCUT2D eigenvalue weighted by molar-refractivity contribution is 6.06. The number of aryl methyl sites for hydroxylation is 1. The second kappa shape index (κ2) is 10.7. The molecule has 194 valence electrons. The van der Waals surface area contributed by atoms with Crippen molar-refractivity contribution in [2.45, 2.75) is 6.52 Å². The van der Waals surface area contributed by atoms with Crippen LogP contribution >= 0.6 is 0 Å². The van der Waals surface area contributed by atoms with Gasteiger partial charge in [0.2, 0.25) is 0 Å². The maximum Gasteiger partial charge on any atom is 0.328 e. The molecule has 6 nitrogen and oxygen atoms in total. The van der Waals surface area contributed by atoms with E-state index >= 15 is 4.39 Å². The third-order valence-electron chi connectivity index (χ3n) is 6.19. The fourth-order valence-corrected chi connectivity index (χ4v) is 4.26. The normalized spacial score (nSPS) is 12.4. The molecule has 0 spiro atoms. The first-order chi connectivity index (χ1) is 19.2. The van der Waals surface area contributed by atoms with Gasteiger partial charge in [0, 0.05) is 35.3 Å². The van der Waals surface area contributed by atoms with Crippen molar-refractivity contribution in [1.29, 1.82) is 0 Å². The molecule has 0 saturated carbocycles. The molecule has 0 bridgehead atoms. The Bertz CT molecular complexity index is 1770. The summed E-state index contributed by atoms with van der Waals surface area (Å²) in [5.74, 6) is -3.34. The van der Waals surface area contributed by atoms with Crippen LogP contribution in [0, 0.1) is 11.6 Å². The zero-order chi connectivity index (χ0) is 28.4. The Hall–Kier alpha value is -5.11. The van der Waals surface area contributed by atoms with E-state index < -0.39 is 30.0 Å². The van der Waals surface area contributed by atoms with Gasteiger partial charge in [0.15, 0.2) is 0 Å². The number of benzene rings is 4. The largest absolute Gasteiger partial charge is 0.478 e. The molecule has 0 fully saturated rings. The average Bonchev–Trinajstić information content (AvgIpc) is 3.32. The molecule has 1 amide bonds. The van der Waals surface area contributed by atoms with E-state index in [-0.39, 0.29) is 22.4 Å². The zero-order valence-corrected chi connectivity index (χ0v) is 20.8. The fraction of sp³-hybridized carbons (Fsp3) is 0.0645. The number of amides is 1. The van der Waals surface area contributed by atoms with E-state index in [4.69, 9.17) is 6.48 Å². The van der Waals surface area contributed by atoms with Gasteiger partial charge in [-0.1, -0.05) is 36.4 Å². The number of fused-ring (bicyclic) bond motifs is 1. The van der Waals surface area contributed by atoms with Crippen molar-refractivity contribution in [1.82, 2.24) is 9.78 Å². The van der Waals surface area contributed by atoms with Crippen LogP contribution in [0.4, 0.5) is 14.5 Å². The molecule has 1 unspecified atom stereocenters. The van der Waals surface area contributed by atoms with Gasteiger partial charge in [-0.2, -0.15) is 5.10 Å². The van der Waals surface area contributed by atoms with Crippen LogP contribution in [-0.4, -0.2) is 26.8 Å².